The molecule has 0 radical (unpaired) electrons. The monoisotopic (exact) mass is 396 g/mol. The molecule has 27 heavy (non-hydrogen) atoms. The van der Waals surface area contributed by atoms with Crippen LogP contribution in [0, 0.1) is 0 Å². The minimum atomic E-state index is -0.505. The number of rotatable bonds is 10. The Bertz CT molecular complexity index is 899. The van der Waals surface area contributed by atoms with E-state index in [-0.39, 0.29) is 5.97 Å². The Kier molecular flexibility index (Phi) is 7.70. The van der Waals surface area contributed by atoms with E-state index in [1.165, 1.54) is 22.7 Å². The number of nitrogens with one attached hydrogen (secondary N) is 1. The van der Waals surface area contributed by atoms with Gasteiger partial charge < -0.3 is 9.30 Å². The smallest absolute Gasteiger partial charge is 0.329 e. The van der Waals surface area contributed by atoms with Gasteiger partial charge in [-0.05, 0) is 20.3 Å². The molecule has 2 heterocycles. The summed E-state index contributed by atoms with van der Waals surface area (Å²) < 4.78 is 8.20. The average Bonchev–Trinajstić information content (AvgIpc) is 2.98. The van der Waals surface area contributed by atoms with Crippen LogP contribution in [0.1, 0.15) is 52.9 Å². The predicted molar refractivity (Wildman–Crippen MR) is 106 cm³/mol. The molecule has 2 rings (SSSR count). The van der Waals surface area contributed by atoms with E-state index in [0.29, 0.717) is 29.5 Å². The second-order valence-electron chi connectivity index (χ2n) is 6.46. The predicted octanol–water partition coefficient (Wildman–Crippen LogP) is 2.44. The van der Waals surface area contributed by atoms with E-state index in [0.717, 1.165) is 25.7 Å². The molecule has 0 aromatic carbocycles. The molecule has 0 bridgehead atoms. The molecule has 1 N–H and O–H groups in total. The fraction of sp³-hybridized carbons (Fsp3) is 0.667. The molecule has 0 aliphatic rings. The largest absolute Gasteiger partial charge is 0.465 e. The number of aromatic nitrogens is 4. The fourth-order valence-corrected chi connectivity index (χ4v) is 3.78. The summed E-state index contributed by atoms with van der Waals surface area (Å²) in [5, 5.41) is 0.0875. The lowest BCUT2D eigenvalue weighted by Gasteiger charge is -2.12. The van der Waals surface area contributed by atoms with E-state index in [9.17, 15) is 14.4 Å². The van der Waals surface area contributed by atoms with Gasteiger partial charge in [0.15, 0.2) is 16.3 Å². The number of nitrogens with zero attached hydrogens (tertiary/aromatic N) is 3. The van der Waals surface area contributed by atoms with Gasteiger partial charge >= 0.3 is 11.7 Å². The summed E-state index contributed by atoms with van der Waals surface area (Å²) in [5.41, 5.74) is -0.262. The summed E-state index contributed by atoms with van der Waals surface area (Å²) in [4.78, 5) is 43.1. The van der Waals surface area contributed by atoms with Gasteiger partial charge in [-0.3, -0.25) is 19.1 Å². The molecule has 2 aromatic heterocycles. The van der Waals surface area contributed by atoms with Crippen molar-refractivity contribution in [1.82, 2.24) is 19.1 Å². The number of carbonyl (C=O) groups is 1. The van der Waals surface area contributed by atoms with Crippen LogP contribution >= 0.6 is 11.8 Å². The van der Waals surface area contributed by atoms with E-state index in [4.69, 9.17) is 4.74 Å². The van der Waals surface area contributed by atoms with E-state index < -0.39 is 16.5 Å². The van der Waals surface area contributed by atoms with E-state index in [1.807, 2.05) is 4.57 Å². The van der Waals surface area contributed by atoms with Gasteiger partial charge in [-0.2, -0.15) is 0 Å². The van der Waals surface area contributed by atoms with Crippen LogP contribution < -0.4 is 11.2 Å². The second-order valence-corrected chi connectivity index (χ2v) is 7.77. The van der Waals surface area contributed by atoms with Crippen LogP contribution in [0.15, 0.2) is 14.7 Å². The number of aromatic amines is 1. The van der Waals surface area contributed by atoms with Gasteiger partial charge in [-0.1, -0.05) is 44.4 Å². The van der Waals surface area contributed by atoms with Crippen LogP contribution in [0.5, 0.6) is 0 Å². The summed E-state index contributed by atoms with van der Waals surface area (Å²) in [6.45, 7) is 6.59. The number of esters is 1. The highest BCUT2D eigenvalue weighted by atomic mass is 32.2. The molecule has 0 amide bonds. The van der Waals surface area contributed by atoms with Gasteiger partial charge in [0.1, 0.15) is 5.25 Å². The molecule has 0 aliphatic heterocycles. The highest BCUT2D eigenvalue weighted by molar-refractivity contribution is 8.00. The van der Waals surface area contributed by atoms with Crippen molar-refractivity contribution in [1.29, 1.82) is 0 Å². The third kappa shape index (κ3) is 5.03. The lowest BCUT2D eigenvalue weighted by Crippen LogP contribution is -2.29. The molecule has 1 atom stereocenters. The lowest BCUT2D eigenvalue weighted by atomic mass is 10.1. The Labute approximate surface area is 162 Å². The van der Waals surface area contributed by atoms with Crippen molar-refractivity contribution < 1.29 is 9.53 Å². The zero-order chi connectivity index (χ0) is 20.0. The zero-order valence-electron chi connectivity index (χ0n) is 16.4. The number of carbonyl (C=O) groups excluding carboxylic acids is 1. The Hall–Kier alpha value is -2.03. The maximum atomic E-state index is 12.4. The first-order valence-electron chi connectivity index (χ1n) is 9.43. The number of hydrogen-bond acceptors (Lipinski definition) is 6. The highest BCUT2D eigenvalue weighted by Crippen LogP contribution is 2.26. The van der Waals surface area contributed by atoms with Crippen LogP contribution in [-0.2, 0) is 23.1 Å². The van der Waals surface area contributed by atoms with Crippen molar-refractivity contribution in [2.75, 3.05) is 6.61 Å². The van der Waals surface area contributed by atoms with Crippen molar-refractivity contribution in [3.05, 3.63) is 20.8 Å². The summed E-state index contributed by atoms with van der Waals surface area (Å²) in [7, 11) is 1.57. The molecule has 8 nitrogen and oxygen atoms in total. The molecule has 0 saturated carbocycles. The maximum absolute atomic E-state index is 12.4. The first-order valence-corrected chi connectivity index (χ1v) is 10.3. The van der Waals surface area contributed by atoms with Crippen molar-refractivity contribution in [3.8, 4) is 0 Å². The van der Waals surface area contributed by atoms with Crippen LogP contribution in [0.4, 0.5) is 0 Å². The molecule has 0 unspecified atom stereocenters. The van der Waals surface area contributed by atoms with E-state index in [2.05, 4.69) is 16.9 Å². The first kappa shape index (κ1) is 21.3. The first-order chi connectivity index (χ1) is 12.9. The van der Waals surface area contributed by atoms with Gasteiger partial charge in [0.25, 0.3) is 5.56 Å². The molecule has 150 valence electrons. The topological polar surface area (TPSA) is 99.0 Å². The standard InChI is InChI=1S/C18H28N4O4S/c1-5-7-8-9-10-11-22-13-14(21(4)17(25)20-15(13)23)19-18(22)27-12(3)16(24)26-6-2/h12H,5-11H2,1-4H3,(H,20,23,25)/t12-/m0/s1. The third-order valence-electron chi connectivity index (χ3n) is 4.36. The molecule has 0 saturated heterocycles. The minimum Gasteiger partial charge on any atom is -0.465 e. The van der Waals surface area contributed by atoms with Gasteiger partial charge in [0.05, 0.1) is 6.61 Å². The van der Waals surface area contributed by atoms with Gasteiger partial charge in [-0.25, -0.2) is 9.78 Å². The SMILES string of the molecule is CCCCCCCn1c(S[C@@H](C)C(=O)OCC)nc2c1c(=O)[nH]c(=O)n2C. The number of fused-ring (bicyclic) bond motifs is 1. The number of hydrogen-bond donors (Lipinski definition) is 1. The molecular formula is C18H28N4O4S. The Morgan fingerprint density at radius 2 is 1.93 bits per heavy atom. The number of imidazole rings is 1. The highest BCUT2D eigenvalue weighted by Gasteiger charge is 2.22. The molecule has 0 fully saturated rings. The van der Waals surface area contributed by atoms with Gasteiger partial charge in [-0.15, -0.1) is 0 Å². The van der Waals surface area contributed by atoms with Crippen LogP contribution in [0.2, 0.25) is 0 Å². The van der Waals surface area contributed by atoms with Gasteiger partial charge in [0, 0.05) is 13.6 Å². The number of ether oxygens (including phenoxy) is 1. The Morgan fingerprint density at radius 1 is 1.22 bits per heavy atom. The van der Waals surface area contributed by atoms with E-state index in [1.54, 1.807) is 20.9 Å². The maximum Gasteiger partial charge on any atom is 0.329 e. The fourth-order valence-electron chi connectivity index (χ4n) is 2.85. The number of thioether (sulfide) groups is 1. The molecule has 0 aliphatic carbocycles. The van der Waals surface area contributed by atoms with Crippen molar-refractivity contribution in [2.45, 2.75) is 69.8 Å². The molecular weight excluding hydrogens is 368 g/mol. The van der Waals surface area contributed by atoms with Gasteiger partial charge in [0.2, 0.25) is 0 Å². The van der Waals surface area contributed by atoms with Crippen LogP contribution in [0.25, 0.3) is 11.2 Å². The summed E-state index contributed by atoms with van der Waals surface area (Å²) >= 11 is 1.24. The quantitative estimate of drug-likeness (QED) is 0.376. The number of H-pyrrole nitrogens is 1. The lowest BCUT2D eigenvalue weighted by molar-refractivity contribution is -0.142. The number of unbranched alkanes of at least 4 members (excludes halogenated alkanes) is 4. The minimum absolute atomic E-state index is 0.311. The summed E-state index contributed by atoms with van der Waals surface area (Å²) in [6, 6.07) is 0. The Balaban J connectivity index is 2.38. The molecule has 2 aromatic rings. The molecule has 9 heteroatoms. The Morgan fingerprint density at radius 3 is 2.59 bits per heavy atom. The summed E-state index contributed by atoms with van der Waals surface area (Å²) in [6.07, 6.45) is 5.43. The second kappa shape index (κ2) is 9.77. The summed E-state index contributed by atoms with van der Waals surface area (Å²) in [5.74, 6) is -0.327. The molecule has 0 spiro atoms. The number of aryl methyl sites for hydroxylation is 2. The van der Waals surface area contributed by atoms with Crippen LogP contribution in [0.3, 0.4) is 0 Å². The average molecular weight is 397 g/mol. The normalized spacial score (nSPS) is 12.4. The zero-order valence-corrected chi connectivity index (χ0v) is 17.2. The van der Waals surface area contributed by atoms with Crippen molar-refractivity contribution in [3.63, 3.8) is 0 Å². The van der Waals surface area contributed by atoms with Crippen molar-refractivity contribution in [2.24, 2.45) is 7.05 Å². The third-order valence-corrected chi connectivity index (χ3v) is 5.43. The van der Waals surface area contributed by atoms with E-state index >= 15 is 0 Å². The van der Waals surface area contributed by atoms with Crippen LogP contribution in [-0.4, -0.2) is 36.9 Å². The van der Waals surface area contributed by atoms with Crippen molar-refractivity contribution >= 4 is 28.9 Å².